The summed E-state index contributed by atoms with van der Waals surface area (Å²) in [5.74, 6) is 0.629. The minimum atomic E-state index is 0. The quantitative estimate of drug-likeness (QED) is 0.875. The van der Waals surface area contributed by atoms with Gasteiger partial charge in [0.15, 0.2) is 0 Å². The Morgan fingerprint density at radius 2 is 2.13 bits per heavy atom. The molecule has 0 saturated heterocycles. The third kappa shape index (κ3) is 3.35. The van der Waals surface area contributed by atoms with Gasteiger partial charge in [0, 0.05) is 24.5 Å². The summed E-state index contributed by atoms with van der Waals surface area (Å²) in [6.07, 6.45) is 2.14. The van der Waals surface area contributed by atoms with E-state index >= 15 is 0 Å². The lowest BCUT2D eigenvalue weighted by molar-refractivity contribution is 0.413. The first-order valence-corrected chi connectivity index (χ1v) is 7.42. The Hall–Kier alpha value is -2.38. The van der Waals surface area contributed by atoms with Gasteiger partial charge in [0.25, 0.3) is 0 Å². The molecule has 0 saturated carbocycles. The standard InChI is InChI=1S/C18H19N3O.ClH/c1-22-18-10-13(7-8-14(18)11-19)12-21-9-3-4-15-16(20)5-2-6-17(15)21;/h2,5-8,10H,3-4,9,12,20H2,1H3;1H. The molecule has 0 bridgehead atoms. The van der Waals surface area contributed by atoms with Crippen LogP contribution in [0.4, 0.5) is 11.4 Å². The molecule has 1 aliphatic heterocycles. The van der Waals surface area contributed by atoms with E-state index in [1.165, 1.54) is 11.3 Å². The molecule has 0 fully saturated rings. The lowest BCUT2D eigenvalue weighted by Gasteiger charge is -2.32. The van der Waals surface area contributed by atoms with Crippen molar-refractivity contribution in [3.05, 3.63) is 53.1 Å². The highest BCUT2D eigenvalue weighted by atomic mass is 35.5. The third-order valence-corrected chi connectivity index (χ3v) is 4.14. The van der Waals surface area contributed by atoms with E-state index in [9.17, 15) is 0 Å². The SMILES string of the molecule is COc1cc(CN2CCCc3c(N)cccc32)ccc1C#N.Cl. The smallest absolute Gasteiger partial charge is 0.136 e. The number of hydrogen-bond acceptors (Lipinski definition) is 4. The third-order valence-electron chi connectivity index (χ3n) is 4.14. The minimum absolute atomic E-state index is 0. The van der Waals surface area contributed by atoms with E-state index in [1.54, 1.807) is 7.11 Å². The highest BCUT2D eigenvalue weighted by molar-refractivity contribution is 5.85. The van der Waals surface area contributed by atoms with Crippen LogP contribution in [0.5, 0.6) is 5.75 Å². The Morgan fingerprint density at radius 3 is 2.87 bits per heavy atom. The monoisotopic (exact) mass is 329 g/mol. The normalized spacial score (nSPS) is 12.8. The van der Waals surface area contributed by atoms with Crippen LogP contribution in [0.25, 0.3) is 0 Å². The Bertz CT molecular complexity index is 740. The van der Waals surface area contributed by atoms with Gasteiger partial charge < -0.3 is 15.4 Å². The zero-order valence-electron chi connectivity index (χ0n) is 13.1. The van der Waals surface area contributed by atoms with Gasteiger partial charge in [-0.3, -0.25) is 0 Å². The van der Waals surface area contributed by atoms with E-state index in [4.69, 9.17) is 15.7 Å². The van der Waals surface area contributed by atoms with Crippen LogP contribution in [0, 0.1) is 11.3 Å². The molecule has 2 N–H and O–H groups in total. The molecule has 1 aliphatic rings. The molecule has 120 valence electrons. The highest BCUT2D eigenvalue weighted by Crippen LogP contribution is 2.32. The van der Waals surface area contributed by atoms with Gasteiger partial charge in [0.2, 0.25) is 0 Å². The molecular formula is C18H20ClN3O. The van der Waals surface area contributed by atoms with E-state index in [0.717, 1.165) is 37.2 Å². The number of nitriles is 1. The van der Waals surface area contributed by atoms with Gasteiger partial charge in [-0.05, 0) is 48.2 Å². The van der Waals surface area contributed by atoms with Crippen molar-refractivity contribution in [2.45, 2.75) is 19.4 Å². The van der Waals surface area contributed by atoms with Gasteiger partial charge in [-0.25, -0.2) is 0 Å². The Labute approximate surface area is 142 Å². The van der Waals surface area contributed by atoms with E-state index in [2.05, 4.69) is 17.0 Å². The molecule has 2 aromatic rings. The molecule has 2 aromatic carbocycles. The van der Waals surface area contributed by atoms with Gasteiger partial charge in [-0.2, -0.15) is 5.26 Å². The first-order valence-electron chi connectivity index (χ1n) is 7.42. The maximum atomic E-state index is 9.07. The number of ether oxygens (including phenoxy) is 1. The molecule has 0 aromatic heterocycles. The number of fused-ring (bicyclic) bond motifs is 1. The second kappa shape index (κ2) is 7.26. The number of nitrogens with zero attached hydrogens (tertiary/aromatic N) is 2. The molecule has 0 aliphatic carbocycles. The van der Waals surface area contributed by atoms with Crippen LogP contribution in [-0.4, -0.2) is 13.7 Å². The van der Waals surface area contributed by atoms with Crippen molar-refractivity contribution in [2.24, 2.45) is 0 Å². The van der Waals surface area contributed by atoms with Crippen LogP contribution in [0.3, 0.4) is 0 Å². The second-order valence-corrected chi connectivity index (χ2v) is 5.52. The lowest BCUT2D eigenvalue weighted by Crippen LogP contribution is -2.29. The van der Waals surface area contributed by atoms with Gasteiger partial charge >= 0.3 is 0 Å². The van der Waals surface area contributed by atoms with E-state index in [0.29, 0.717) is 11.3 Å². The first kappa shape index (κ1) is 17.0. The summed E-state index contributed by atoms with van der Waals surface area (Å²) < 4.78 is 5.29. The first-order chi connectivity index (χ1) is 10.7. The summed E-state index contributed by atoms with van der Waals surface area (Å²) in [6.45, 7) is 1.80. The van der Waals surface area contributed by atoms with Crippen molar-refractivity contribution < 1.29 is 4.74 Å². The van der Waals surface area contributed by atoms with Crippen LogP contribution < -0.4 is 15.4 Å². The van der Waals surface area contributed by atoms with E-state index < -0.39 is 0 Å². The maximum Gasteiger partial charge on any atom is 0.136 e. The number of rotatable bonds is 3. The van der Waals surface area contributed by atoms with Gasteiger partial charge in [-0.15, -0.1) is 12.4 Å². The predicted molar refractivity (Wildman–Crippen MR) is 95.2 cm³/mol. The fourth-order valence-electron chi connectivity index (χ4n) is 3.04. The minimum Gasteiger partial charge on any atom is -0.495 e. The summed E-state index contributed by atoms with van der Waals surface area (Å²) in [5, 5.41) is 9.07. The molecule has 0 unspecified atom stereocenters. The Kier molecular flexibility index (Phi) is 5.36. The molecule has 0 atom stereocenters. The molecule has 4 nitrogen and oxygen atoms in total. The number of nitrogen functional groups attached to an aromatic ring is 1. The molecule has 0 spiro atoms. The van der Waals surface area contributed by atoms with Crippen molar-refractivity contribution in [1.82, 2.24) is 0 Å². The van der Waals surface area contributed by atoms with Gasteiger partial charge in [-0.1, -0.05) is 12.1 Å². The number of benzene rings is 2. The molecule has 1 heterocycles. The van der Waals surface area contributed by atoms with Crippen molar-refractivity contribution >= 4 is 23.8 Å². The molecule has 5 heteroatoms. The number of anilines is 2. The van der Waals surface area contributed by atoms with Crippen LogP contribution in [0.15, 0.2) is 36.4 Å². The Morgan fingerprint density at radius 1 is 1.30 bits per heavy atom. The zero-order chi connectivity index (χ0) is 15.5. The molecule has 23 heavy (non-hydrogen) atoms. The fraction of sp³-hybridized carbons (Fsp3) is 0.278. The Balaban J connectivity index is 0.00000192. The largest absolute Gasteiger partial charge is 0.495 e. The molecule has 0 radical (unpaired) electrons. The predicted octanol–water partition coefficient (Wildman–Crippen LogP) is 3.52. The number of hydrogen-bond donors (Lipinski definition) is 1. The van der Waals surface area contributed by atoms with Gasteiger partial charge in [0.05, 0.1) is 12.7 Å². The number of nitrogens with two attached hydrogens (primary N) is 1. The summed E-state index contributed by atoms with van der Waals surface area (Å²) in [6, 6.07) is 14.0. The van der Waals surface area contributed by atoms with Crippen LogP contribution >= 0.6 is 12.4 Å². The molecule has 3 rings (SSSR count). The van der Waals surface area contributed by atoms with Crippen molar-refractivity contribution in [3.63, 3.8) is 0 Å². The van der Waals surface area contributed by atoms with Crippen LogP contribution in [-0.2, 0) is 13.0 Å². The average Bonchev–Trinajstić information content (AvgIpc) is 2.55. The second-order valence-electron chi connectivity index (χ2n) is 5.52. The number of methoxy groups -OCH3 is 1. The van der Waals surface area contributed by atoms with Crippen molar-refractivity contribution in [2.75, 3.05) is 24.3 Å². The highest BCUT2D eigenvalue weighted by Gasteiger charge is 2.19. The van der Waals surface area contributed by atoms with Gasteiger partial charge in [0.1, 0.15) is 11.8 Å². The topological polar surface area (TPSA) is 62.3 Å². The number of halogens is 1. The lowest BCUT2D eigenvalue weighted by atomic mass is 9.99. The molecular weight excluding hydrogens is 310 g/mol. The zero-order valence-corrected chi connectivity index (χ0v) is 13.9. The fourth-order valence-corrected chi connectivity index (χ4v) is 3.04. The van der Waals surface area contributed by atoms with E-state index in [1.807, 2.05) is 30.3 Å². The summed E-state index contributed by atoms with van der Waals surface area (Å²) >= 11 is 0. The maximum absolute atomic E-state index is 9.07. The summed E-state index contributed by atoms with van der Waals surface area (Å²) in [4.78, 5) is 2.34. The van der Waals surface area contributed by atoms with Crippen molar-refractivity contribution in [3.8, 4) is 11.8 Å². The average molecular weight is 330 g/mol. The summed E-state index contributed by atoms with van der Waals surface area (Å²) in [7, 11) is 1.59. The van der Waals surface area contributed by atoms with Crippen molar-refractivity contribution in [1.29, 1.82) is 5.26 Å². The molecule has 0 amide bonds. The summed E-state index contributed by atoms with van der Waals surface area (Å²) in [5.41, 5.74) is 11.1. The van der Waals surface area contributed by atoms with Crippen LogP contribution in [0.1, 0.15) is 23.1 Å². The van der Waals surface area contributed by atoms with E-state index in [-0.39, 0.29) is 12.4 Å². The van der Waals surface area contributed by atoms with Crippen LogP contribution in [0.2, 0.25) is 0 Å².